The fourth-order valence-corrected chi connectivity index (χ4v) is 1.89. The molecular weight excluding hydrogens is 265 g/mol. The van der Waals surface area contributed by atoms with Gasteiger partial charge in [0.2, 0.25) is 0 Å². The van der Waals surface area contributed by atoms with Gasteiger partial charge in [-0.15, -0.1) is 0 Å². The van der Waals surface area contributed by atoms with E-state index in [-0.39, 0.29) is 6.04 Å². The lowest BCUT2D eigenvalue weighted by Gasteiger charge is -2.22. The van der Waals surface area contributed by atoms with E-state index in [4.69, 9.17) is 17.2 Å². The largest absolute Gasteiger partial charge is 0.399 e. The van der Waals surface area contributed by atoms with Gasteiger partial charge in [0.25, 0.3) is 0 Å². The number of nitrogens with two attached hydrogens (primary N) is 3. The average Bonchev–Trinajstić information content (AvgIpc) is 2.03. The zero-order chi connectivity index (χ0) is 9.14. The van der Waals surface area contributed by atoms with Crippen LogP contribution in [0.2, 0.25) is 0 Å². The predicted molar refractivity (Wildman–Crippen MR) is 59.8 cm³/mol. The highest BCUT2D eigenvalue weighted by Gasteiger charge is 2.17. The molecule has 4 heteroatoms. The zero-order valence-corrected chi connectivity index (χ0v) is 9.04. The second-order valence-electron chi connectivity index (χ2n) is 2.93. The van der Waals surface area contributed by atoms with E-state index in [1.165, 1.54) is 5.57 Å². The van der Waals surface area contributed by atoms with Crippen LogP contribution >= 0.6 is 22.6 Å². The van der Waals surface area contributed by atoms with E-state index >= 15 is 0 Å². The van der Waals surface area contributed by atoms with Gasteiger partial charge in [0.05, 0.1) is 0 Å². The van der Waals surface area contributed by atoms with Gasteiger partial charge in [-0.2, -0.15) is 0 Å². The van der Waals surface area contributed by atoms with Gasteiger partial charge in [-0.3, -0.25) is 0 Å². The van der Waals surface area contributed by atoms with E-state index in [1.807, 2.05) is 6.08 Å². The summed E-state index contributed by atoms with van der Waals surface area (Å²) in [5.41, 5.74) is 20.3. The Morgan fingerprint density at radius 1 is 1.58 bits per heavy atom. The third-order valence-corrected chi connectivity index (χ3v) is 3.03. The fraction of sp³-hybridized carbons (Fsp3) is 0.500. The lowest BCUT2D eigenvalue weighted by molar-refractivity contribution is 0.718. The summed E-state index contributed by atoms with van der Waals surface area (Å²) in [6.07, 6.45) is 2.90. The van der Waals surface area contributed by atoms with Crippen LogP contribution in [0, 0.1) is 0 Å². The molecular formula is C8H14IN3. The van der Waals surface area contributed by atoms with Crippen molar-refractivity contribution in [2.24, 2.45) is 17.2 Å². The molecule has 0 fully saturated rings. The van der Waals surface area contributed by atoms with Crippen LogP contribution in [0.15, 0.2) is 22.9 Å². The van der Waals surface area contributed by atoms with Gasteiger partial charge in [-0.1, -0.05) is 28.2 Å². The quantitative estimate of drug-likeness (QED) is 0.501. The molecule has 0 aromatic carbocycles. The molecule has 0 bridgehead atoms. The lowest BCUT2D eigenvalue weighted by atomic mass is 9.93. The first-order chi connectivity index (χ1) is 5.69. The molecule has 0 saturated carbocycles. The van der Waals surface area contributed by atoms with Gasteiger partial charge in [0.15, 0.2) is 0 Å². The minimum atomic E-state index is 0.0322. The lowest BCUT2D eigenvalue weighted by Crippen LogP contribution is -2.32. The van der Waals surface area contributed by atoms with Crippen molar-refractivity contribution in [2.75, 3.05) is 11.0 Å². The van der Waals surface area contributed by atoms with Crippen LogP contribution in [-0.4, -0.2) is 17.0 Å². The topological polar surface area (TPSA) is 78.1 Å². The summed E-state index contributed by atoms with van der Waals surface area (Å²) in [6.45, 7) is 0.470. The summed E-state index contributed by atoms with van der Waals surface area (Å²) in [7, 11) is 0. The third-order valence-electron chi connectivity index (χ3n) is 2.05. The summed E-state index contributed by atoms with van der Waals surface area (Å²) in [5.74, 6) is 0. The van der Waals surface area contributed by atoms with Gasteiger partial charge in [-0.25, -0.2) is 0 Å². The first-order valence-corrected chi connectivity index (χ1v) is 5.41. The first kappa shape index (κ1) is 10.0. The predicted octanol–water partition coefficient (Wildman–Crippen LogP) is 0.250. The first-order valence-electron chi connectivity index (χ1n) is 3.88. The maximum atomic E-state index is 5.88. The highest BCUT2D eigenvalue weighted by atomic mass is 127. The van der Waals surface area contributed by atoms with Crippen molar-refractivity contribution in [2.45, 2.75) is 12.5 Å². The van der Waals surface area contributed by atoms with Crippen LogP contribution in [0.25, 0.3) is 0 Å². The molecule has 68 valence electrons. The van der Waals surface area contributed by atoms with Crippen molar-refractivity contribution >= 4 is 22.6 Å². The zero-order valence-electron chi connectivity index (χ0n) is 6.89. The van der Waals surface area contributed by atoms with Crippen molar-refractivity contribution in [1.29, 1.82) is 0 Å². The Kier molecular flexibility index (Phi) is 3.54. The number of halogens is 1. The van der Waals surface area contributed by atoms with Gasteiger partial charge in [0, 0.05) is 22.7 Å². The van der Waals surface area contributed by atoms with Crippen LogP contribution in [0.5, 0.6) is 0 Å². The van der Waals surface area contributed by atoms with E-state index in [0.717, 1.165) is 22.1 Å². The summed E-state index contributed by atoms with van der Waals surface area (Å²) >= 11 is 2.31. The van der Waals surface area contributed by atoms with Crippen LogP contribution in [0.4, 0.5) is 0 Å². The Morgan fingerprint density at radius 2 is 2.25 bits per heavy atom. The van der Waals surface area contributed by atoms with E-state index in [9.17, 15) is 0 Å². The monoisotopic (exact) mass is 279 g/mol. The van der Waals surface area contributed by atoms with E-state index in [0.29, 0.717) is 6.54 Å². The maximum Gasteiger partial charge on any atom is 0.0334 e. The Hall–Kier alpha value is -0.0700. The molecule has 0 saturated heterocycles. The van der Waals surface area contributed by atoms with Gasteiger partial charge in [-0.05, 0) is 18.1 Å². The molecule has 1 atom stereocenters. The van der Waals surface area contributed by atoms with E-state index in [1.54, 1.807) is 0 Å². The fourth-order valence-electron chi connectivity index (χ4n) is 1.35. The molecule has 12 heavy (non-hydrogen) atoms. The third kappa shape index (κ3) is 1.99. The minimum absolute atomic E-state index is 0.0322. The molecule has 0 aromatic rings. The number of hydrogen-bond acceptors (Lipinski definition) is 3. The molecule has 0 heterocycles. The summed E-state index contributed by atoms with van der Waals surface area (Å²) in [4.78, 5) is 0. The van der Waals surface area contributed by atoms with Gasteiger partial charge in [0.1, 0.15) is 0 Å². The van der Waals surface area contributed by atoms with Crippen LogP contribution in [0.3, 0.4) is 0 Å². The van der Waals surface area contributed by atoms with Gasteiger partial charge < -0.3 is 17.2 Å². The van der Waals surface area contributed by atoms with Gasteiger partial charge >= 0.3 is 0 Å². The SMILES string of the molecule is NCC1=C(N)C=C(CI)CC1N. The van der Waals surface area contributed by atoms with E-state index in [2.05, 4.69) is 22.6 Å². The van der Waals surface area contributed by atoms with Crippen molar-refractivity contribution in [3.63, 3.8) is 0 Å². The average molecular weight is 279 g/mol. The maximum absolute atomic E-state index is 5.88. The standard InChI is InChI=1S/C8H14IN3/c9-3-5-1-7(11)6(4-10)8(12)2-5/h1,8H,2-4,10-12H2. The highest BCUT2D eigenvalue weighted by molar-refractivity contribution is 14.1. The van der Waals surface area contributed by atoms with Crippen molar-refractivity contribution in [3.05, 3.63) is 22.9 Å². The molecule has 1 aliphatic carbocycles. The summed E-state index contributed by atoms with van der Waals surface area (Å²) in [5, 5.41) is 0. The molecule has 6 N–H and O–H groups in total. The Morgan fingerprint density at radius 3 is 2.67 bits per heavy atom. The minimum Gasteiger partial charge on any atom is -0.399 e. The number of alkyl halides is 1. The van der Waals surface area contributed by atoms with Crippen molar-refractivity contribution < 1.29 is 0 Å². The Bertz CT molecular complexity index is 232. The second-order valence-corrected chi connectivity index (χ2v) is 3.69. The highest BCUT2D eigenvalue weighted by Crippen LogP contribution is 2.21. The Labute approximate surface area is 86.2 Å². The molecule has 0 aromatic heterocycles. The molecule has 1 unspecified atom stereocenters. The molecule has 1 rings (SSSR count). The molecule has 1 aliphatic rings. The van der Waals surface area contributed by atoms with Crippen molar-refractivity contribution in [1.82, 2.24) is 0 Å². The smallest absolute Gasteiger partial charge is 0.0334 e. The molecule has 0 aliphatic heterocycles. The summed E-state index contributed by atoms with van der Waals surface area (Å²) < 4.78 is 0.990. The molecule has 3 nitrogen and oxygen atoms in total. The second kappa shape index (κ2) is 4.25. The number of hydrogen-bond donors (Lipinski definition) is 3. The van der Waals surface area contributed by atoms with Crippen LogP contribution in [-0.2, 0) is 0 Å². The van der Waals surface area contributed by atoms with Crippen LogP contribution in [0.1, 0.15) is 6.42 Å². The molecule has 0 radical (unpaired) electrons. The van der Waals surface area contributed by atoms with Crippen LogP contribution < -0.4 is 17.2 Å². The summed E-state index contributed by atoms with van der Waals surface area (Å²) in [6, 6.07) is 0.0322. The van der Waals surface area contributed by atoms with E-state index < -0.39 is 0 Å². The van der Waals surface area contributed by atoms with Crippen molar-refractivity contribution in [3.8, 4) is 0 Å². The number of allylic oxidation sites excluding steroid dienone is 1. The number of rotatable bonds is 2. The Balaban J connectivity index is 2.89. The molecule has 0 amide bonds. The molecule has 0 spiro atoms. The normalized spacial score (nSPS) is 24.2.